The van der Waals surface area contributed by atoms with Gasteiger partial charge in [0.05, 0.1) is 12.7 Å². The molecule has 0 aromatic heterocycles. The minimum absolute atomic E-state index is 0.116. The molecule has 2 unspecified atom stereocenters. The summed E-state index contributed by atoms with van der Waals surface area (Å²) in [7, 11) is 1.95. The SMILES string of the molecule is CNCC1CN(C2CCc3cc(F)ccc32)CCO1. The third-order valence-corrected chi connectivity index (χ3v) is 4.19. The van der Waals surface area contributed by atoms with E-state index in [0.717, 1.165) is 39.1 Å². The van der Waals surface area contributed by atoms with E-state index in [-0.39, 0.29) is 11.9 Å². The fraction of sp³-hybridized carbons (Fsp3) is 0.600. The molecule has 0 saturated carbocycles. The van der Waals surface area contributed by atoms with E-state index in [2.05, 4.69) is 10.2 Å². The minimum Gasteiger partial charge on any atom is -0.374 e. The lowest BCUT2D eigenvalue weighted by molar-refractivity contribution is -0.0415. The summed E-state index contributed by atoms with van der Waals surface area (Å²) in [5.41, 5.74) is 2.49. The van der Waals surface area contributed by atoms with Crippen molar-refractivity contribution in [2.45, 2.75) is 25.0 Å². The van der Waals surface area contributed by atoms with Crippen molar-refractivity contribution in [1.29, 1.82) is 0 Å². The number of morpholine rings is 1. The van der Waals surface area contributed by atoms with E-state index in [1.807, 2.05) is 13.1 Å². The average molecular weight is 264 g/mol. The molecular weight excluding hydrogens is 243 g/mol. The van der Waals surface area contributed by atoms with Crippen molar-refractivity contribution in [3.05, 3.63) is 35.1 Å². The first-order valence-electron chi connectivity index (χ1n) is 7.06. The summed E-state index contributed by atoms with van der Waals surface area (Å²) >= 11 is 0. The normalized spacial score (nSPS) is 27.5. The van der Waals surface area contributed by atoms with E-state index in [4.69, 9.17) is 4.74 Å². The molecule has 1 aromatic rings. The Labute approximate surface area is 113 Å². The third kappa shape index (κ3) is 2.66. The van der Waals surface area contributed by atoms with E-state index >= 15 is 0 Å². The summed E-state index contributed by atoms with van der Waals surface area (Å²) in [6, 6.07) is 5.69. The summed E-state index contributed by atoms with van der Waals surface area (Å²) in [5.74, 6) is -0.116. The van der Waals surface area contributed by atoms with Gasteiger partial charge in [0.25, 0.3) is 0 Å². The van der Waals surface area contributed by atoms with E-state index in [1.54, 1.807) is 12.1 Å². The lowest BCUT2D eigenvalue weighted by Gasteiger charge is -2.37. The maximum Gasteiger partial charge on any atom is 0.123 e. The van der Waals surface area contributed by atoms with Crippen LogP contribution in [0, 0.1) is 5.82 Å². The molecule has 1 aliphatic carbocycles. The quantitative estimate of drug-likeness (QED) is 0.900. The van der Waals surface area contributed by atoms with Crippen molar-refractivity contribution in [3.8, 4) is 0 Å². The van der Waals surface area contributed by atoms with Crippen LogP contribution in [0.4, 0.5) is 4.39 Å². The molecule has 2 atom stereocenters. The van der Waals surface area contributed by atoms with E-state index in [0.29, 0.717) is 6.04 Å². The van der Waals surface area contributed by atoms with Crippen LogP contribution in [0.2, 0.25) is 0 Å². The maximum atomic E-state index is 13.3. The van der Waals surface area contributed by atoms with Gasteiger partial charge in [-0.1, -0.05) is 6.07 Å². The van der Waals surface area contributed by atoms with E-state index in [9.17, 15) is 4.39 Å². The van der Waals surface area contributed by atoms with Crippen LogP contribution >= 0.6 is 0 Å². The van der Waals surface area contributed by atoms with Gasteiger partial charge in [-0.05, 0) is 43.1 Å². The Morgan fingerprint density at radius 2 is 2.37 bits per heavy atom. The minimum atomic E-state index is -0.116. The van der Waals surface area contributed by atoms with Crippen molar-refractivity contribution < 1.29 is 9.13 Å². The predicted molar refractivity (Wildman–Crippen MR) is 72.7 cm³/mol. The Bertz CT molecular complexity index is 450. The molecule has 3 rings (SSSR count). The topological polar surface area (TPSA) is 24.5 Å². The van der Waals surface area contributed by atoms with Crippen molar-refractivity contribution in [1.82, 2.24) is 10.2 Å². The number of benzene rings is 1. The molecule has 0 amide bonds. The van der Waals surface area contributed by atoms with Crippen LogP contribution in [0.5, 0.6) is 0 Å². The van der Waals surface area contributed by atoms with Crippen LogP contribution < -0.4 is 5.32 Å². The van der Waals surface area contributed by atoms with Gasteiger partial charge in [-0.2, -0.15) is 0 Å². The van der Waals surface area contributed by atoms with Crippen molar-refractivity contribution in [2.75, 3.05) is 33.3 Å². The highest BCUT2D eigenvalue weighted by atomic mass is 19.1. The van der Waals surface area contributed by atoms with Gasteiger partial charge in [-0.25, -0.2) is 4.39 Å². The first-order valence-corrected chi connectivity index (χ1v) is 7.06. The highest BCUT2D eigenvalue weighted by Crippen LogP contribution is 2.36. The largest absolute Gasteiger partial charge is 0.374 e. The molecule has 1 aliphatic heterocycles. The third-order valence-electron chi connectivity index (χ3n) is 4.19. The second-order valence-corrected chi connectivity index (χ2v) is 5.44. The van der Waals surface area contributed by atoms with Crippen LogP contribution in [0.25, 0.3) is 0 Å². The zero-order chi connectivity index (χ0) is 13.2. The number of fused-ring (bicyclic) bond motifs is 1. The number of likely N-dealkylation sites (N-methyl/N-ethyl adjacent to an activating group) is 1. The Morgan fingerprint density at radius 3 is 3.21 bits per heavy atom. The average Bonchev–Trinajstić information content (AvgIpc) is 2.82. The predicted octanol–water partition coefficient (Wildman–Crippen LogP) is 1.73. The molecule has 4 heteroatoms. The molecule has 1 N–H and O–H groups in total. The molecule has 3 nitrogen and oxygen atoms in total. The molecule has 1 heterocycles. The van der Waals surface area contributed by atoms with Crippen LogP contribution in [0.3, 0.4) is 0 Å². The molecule has 0 radical (unpaired) electrons. The first-order chi connectivity index (χ1) is 9.28. The number of nitrogens with one attached hydrogen (secondary N) is 1. The number of rotatable bonds is 3. The maximum absolute atomic E-state index is 13.3. The molecular formula is C15H21FN2O. The van der Waals surface area contributed by atoms with E-state index < -0.39 is 0 Å². The van der Waals surface area contributed by atoms with Gasteiger partial charge in [-0.15, -0.1) is 0 Å². The second kappa shape index (κ2) is 5.57. The summed E-state index contributed by atoms with van der Waals surface area (Å²) in [4.78, 5) is 2.50. The lowest BCUT2D eigenvalue weighted by Crippen LogP contribution is -2.47. The Morgan fingerprint density at radius 1 is 1.47 bits per heavy atom. The van der Waals surface area contributed by atoms with Gasteiger partial charge >= 0.3 is 0 Å². The Balaban J connectivity index is 1.74. The Hall–Kier alpha value is -0.970. The number of hydrogen-bond donors (Lipinski definition) is 1. The number of aryl methyl sites for hydroxylation is 1. The van der Waals surface area contributed by atoms with E-state index in [1.165, 1.54) is 11.1 Å². The molecule has 104 valence electrons. The highest BCUT2D eigenvalue weighted by Gasteiger charge is 2.31. The van der Waals surface area contributed by atoms with Crippen molar-refractivity contribution in [3.63, 3.8) is 0 Å². The molecule has 19 heavy (non-hydrogen) atoms. The van der Waals surface area contributed by atoms with Gasteiger partial charge in [-0.3, -0.25) is 4.90 Å². The lowest BCUT2D eigenvalue weighted by atomic mass is 10.1. The van der Waals surface area contributed by atoms with Gasteiger partial charge in [0.2, 0.25) is 0 Å². The number of nitrogens with zero attached hydrogens (tertiary/aromatic N) is 1. The summed E-state index contributed by atoms with van der Waals surface area (Å²) in [5, 5.41) is 3.17. The monoisotopic (exact) mass is 264 g/mol. The molecule has 2 aliphatic rings. The zero-order valence-corrected chi connectivity index (χ0v) is 11.4. The summed E-state index contributed by atoms with van der Waals surface area (Å²) in [6.45, 7) is 3.61. The van der Waals surface area contributed by atoms with Gasteiger partial charge < -0.3 is 10.1 Å². The molecule has 1 fully saturated rings. The number of hydrogen-bond acceptors (Lipinski definition) is 3. The molecule has 0 spiro atoms. The number of ether oxygens (including phenoxy) is 1. The standard InChI is InChI=1S/C15H21FN2O/c1-17-9-13-10-18(6-7-19-13)15-5-2-11-8-12(16)3-4-14(11)15/h3-4,8,13,15,17H,2,5-7,9-10H2,1H3. The van der Waals surface area contributed by atoms with Crippen LogP contribution in [-0.2, 0) is 11.2 Å². The first kappa shape index (κ1) is 13.0. The second-order valence-electron chi connectivity index (χ2n) is 5.44. The van der Waals surface area contributed by atoms with Gasteiger partial charge in [0.15, 0.2) is 0 Å². The summed E-state index contributed by atoms with van der Waals surface area (Å²) in [6.07, 6.45) is 2.36. The van der Waals surface area contributed by atoms with Gasteiger partial charge in [0, 0.05) is 25.7 Å². The van der Waals surface area contributed by atoms with Crippen LogP contribution in [0.15, 0.2) is 18.2 Å². The number of halogens is 1. The Kier molecular flexibility index (Phi) is 3.82. The van der Waals surface area contributed by atoms with Gasteiger partial charge in [0.1, 0.15) is 5.82 Å². The fourth-order valence-electron chi connectivity index (χ4n) is 3.32. The van der Waals surface area contributed by atoms with Crippen molar-refractivity contribution >= 4 is 0 Å². The summed E-state index contributed by atoms with van der Waals surface area (Å²) < 4.78 is 19.0. The highest BCUT2D eigenvalue weighted by molar-refractivity contribution is 5.35. The zero-order valence-electron chi connectivity index (χ0n) is 11.4. The fourth-order valence-corrected chi connectivity index (χ4v) is 3.32. The molecule has 0 bridgehead atoms. The smallest absolute Gasteiger partial charge is 0.123 e. The van der Waals surface area contributed by atoms with Crippen LogP contribution in [0.1, 0.15) is 23.6 Å². The van der Waals surface area contributed by atoms with Crippen LogP contribution in [-0.4, -0.2) is 44.3 Å². The molecule has 1 aromatic carbocycles. The molecule has 1 saturated heterocycles. The van der Waals surface area contributed by atoms with Crippen molar-refractivity contribution in [2.24, 2.45) is 0 Å².